The zero-order valence-corrected chi connectivity index (χ0v) is 13.0. The second-order valence-corrected chi connectivity index (χ2v) is 5.51. The van der Waals surface area contributed by atoms with Crippen LogP contribution in [0.2, 0.25) is 0 Å². The van der Waals surface area contributed by atoms with E-state index in [1.807, 2.05) is 35.0 Å². The van der Waals surface area contributed by atoms with Gasteiger partial charge in [0.25, 0.3) is 0 Å². The van der Waals surface area contributed by atoms with Gasteiger partial charge in [0.15, 0.2) is 0 Å². The summed E-state index contributed by atoms with van der Waals surface area (Å²) in [5.74, 6) is 0.126. The first-order chi connectivity index (χ1) is 10.7. The summed E-state index contributed by atoms with van der Waals surface area (Å²) in [4.78, 5) is 0. The van der Waals surface area contributed by atoms with Crippen molar-refractivity contribution in [3.63, 3.8) is 0 Å². The van der Waals surface area contributed by atoms with Gasteiger partial charge in [-0.1, -0.05) is 61.4 Å². The van der Waals surface area contributed by atoms with Crippen molar-refractivity contribution in [3.8, 4) is 22.8 Å². The van der Waals surface area contributed by atoms with Crippen LogP contribution in [0.5, 0.6) is 5.88 Å². The van der Waals surface area contributed by atoms with Crippen molar-refractivity contribution in [1.82, 2.24) is 9.78 Å². The molecule has 0 radical (unpaired) electrons. The van der Waals surface area contributed by atoms with Crippen LogP contribution in [0.25, 0.3) is 16.9 Å². The van der Waals surface area contributed by atoms with E-state index in [1.165, 1.54) is 5.56 Å². The van der Waals surface area contributed by atoms with Crippen molar-refractivity contribution in [2.45, 2.75) is 26.7 Å². The maximum absolute atomic E-state index is 10.3. The number of aryl methyl sites for hydroxylation is 1. The summed E-state index contributed by atoms with van der Waals surface area (Å²) >= 11 is 0. The standard InChI is InChI=1S/C19H20N2O/c1-3-7-17-18(15-12-10-14(2)11-13-15)21(20-19(17)22)16-8-5-4-6-9-16/h4-6,8-13H,3,7H2,1-2H3,(H,20,22). The summed E-state index contributed by atoms with van der Waals surface area (Å²) in [5, 5.41) is 14.7. The van der Waals surface area contributed by atoms with Gasteiger partial charge in [-0.05, 0) is 25.5 Å². The van der Waals surface area contributed by atoms with Crippen LogP contribution in [0.4, 0.5) is 0 Å². The van der Waals surface area contributed by atoms with Gasteiger partial charge in [-0.25, -0.2) is 4.68 Å². The third kappa shape index (κ3) is 2.62. The fourth-order valence-corrected chi connectivity index (χ4v) is 2.68. The molecule has 2 aromatic carbocycles. The fourth-order valence-electron chi connectivity index (χ4n) is 2.68. The van der Waals surface area contributed by atoms with Gasteiger partial charge in [0.2, 0.25) is 5.88 Å². The first kappa shape index (κ1) is 14.4. The third-order valence-electron chi connectivity index (χ3n) is 3.79. The summed E-state index contributed by atoms with van der Waals surface area (Å²) < 4.78 is 1.84. The normalized spacial score (nSPS) is 10.8. The Morgan fingerprint density at radius 2 is 1.68 bits per heavy atom. The van der Waals surface area contributed by atoms with E-state index >= 15 is 0 Å². The number of aromatic hydroxyl groups is 1. The maximum atomic E-state index is 10.3. The van der Waals surface area contributed by atoms with Gasteiger partial charge < -0.3 is 5.11 Å². The van der Waals surface area contributed by atoms with Crippen molar-refractivity contribution < 1.29 is 5.11 Å². The molecule has 0 saturated heterocycles. The summed E-state index contributed by atoms with van der Waals surface area (Å²) in [6.07, 6.45) is 1.77. The second-order valence-electron chi connectivity index (χ2n) is 5.51. The predicted molar refractivity (Wildman–Crippen MR) is 89.4 cm³/mol. The largest absolute Gasteiger partial charge is 0.492 e. The molecular formula is C19H20N2O. The molecule has 3 nitrogen and oxygen atoms in total. The summed E-state index contributed by atoms with van der Waals surface area (Å²) in [6, 6.07) is 18.3. The third-order valence-corrected chi connectivity index (χ3v) is 3.79. The van der Waals surface area contributed by atoms with Crippen LogP contribution in [0.1, 0.15) is 24.5 Å². The molecule has 112 valence electrons. The Bertz CT molecular complexity index is 758. The van der Waals surface area contributed by atoms with Crippen LogP contribution in [0, 0.1) is 6.92 Å². The lowest BCUT2D eigenvalue weighted by atomic mass is 10.0. The van der Waals surface area contributed by atoms with E-state index in [-0.39, 0.29) is 5.88 Å². The molecule has 0 amide bonds. The smallest absolute Gasteiger partial charge is 0.234 e. The van der Waals surface area contributed by atoms with Crippen molar-refractivity contribution in [3.05, 3.63) is 65.7 Å². The molecule has 0 aliphatic heterocycles. The predicted octanol–water partition coefficient (Wildman–Crippen LogP) is 4.51. The average molecular weight is 292 g/mol. The summed E-state index contributed by atoms with van der Waals surface area (Å²) in [7, 11) is 0. The number of benzene rings is 2. The SMILES string of the molecule is CCCc1c(O)nn(-c2ccccc2)c1-c1ccc(C)cc1. The molecule has 3 aromatic rings. The Kier molecular flexibility index (Phi) is 3.96. The average Bonchev–Trinajstić information content (AvgIpc) is 2.87. The van der Waals surface area contributed by atoms with Crippen LogP contribution in [-0.4, -0.2) is 14.9 Å². The van der Waals surface area contributed by atoms with E-state index in [1.54, 1.807) is 0 Å². The van der Waals surface area contributed by atoms with E-state index < -0.39 is 0 Å². The molecule has 22 heavy (non-hydrogen) atoms. The van der Waals surface area contributed by atoms with Gasteiger partial charge in [0.05, 0.1) is 11.4 Å². The zero-order chi connectivity index (χ0) is 15.5. The number of para-hydroxylation sites is 1. The van der Waals surface area contributed by atoms with Crippen LogP contribution in [0.15, 0.2) is 54.6 Å². The second kappa shape index (κ2) is 6.06. The van der Waals surface area contributed by atoms with E-state index in [2.05, 4.69) is 43.2 Å². The highest BCUT2D eigenvalue weighted by Gasteiger charge is 2.19. The van der Waals surface area contributed by atoms with Crippen LogP contribution < -0.4 is 0 Å². The minimum atomic E-state index is 0.126. The van der Waals surface area contributed by atoms with Crippen LogP contribution in [-0.2, 0) is 6.42 Å². The highest BCUT2D eigenvalue weighted by Crippen LogP contribution is 2.33. The van der Waals surface area contributed by atoms with E-state index in [0.29, 0.717) is 0 Å². The molecule has 0 saturated carbocycles. The molecule has 1 aromatic heterocycles. The topological polar surface area (TPSA) is 38.1 Å². The zero-order valence-electron chi connectivity index (χ0n) is 13.0. The number of hydrogen-bond acceptors (Lipinski definition) is 2. The van der Waals surface area contributed by atoms with E-state index in [4.69, 9.17) is 0 Å². The van der Waals surface area contributed by atoms with Crippen LogP contribution >= 0.6 is 0 Å². The minimum absolute atomic E-state index is 0.126. The number of nitrogens with zero attached hydrogens (tertiary/aromatic N) is 2. The maximum Gasteiger partial charge on any atom is 0.234 e. The molecule has 0 atom stereocenters. The monoisotopic (exact) mass is 292 g/mol. The van der Waals surface area contributed by atoms with Gasteiger partial charge >= 0.3 is 0 Å². The summed E-state index contributed by atoms with van der Waals surface area (Å²) in [5.41, 5.74) is 5.14. The van der Waals surface area contributed by atoms with E-state index in [0.717, 1.165) is 35.3 Å². The lowest BCUT2D eigenvalue weighted by molar-refractivity contribution is 0.442. The van der Waals surface area contributed by atoms with Crippen LogP contribution in [0.3, 0.4) is 0 Å². The molecule has 0 bridgehead atoms. The highest BCUT2D eigenvalue weighted by atomic mass is 16.3. The minimum Gasteiger partial charge on any atom is -0.492 e. The number of hydrogen-bond donors (Lipinski definition) is 1. The molecule has 0 unspecified atom stereocenters. The Hall–Kier alpha value is -2.55. The van der Waals surface area contributed by atoms with Gasteiger partial charge in [0, 0.05) is 11.1 Å². The molecular weight excluding hydrogens is 272 g/mol. The first-order valence-electron chi connectivity index (χ1n) is 7.64. The van der Waals surface area contributed by atoms with Gasteiger partial charge in [-0.3, -0.25) is 0 Å². The lowest BCUT2D eigenvalue weighted by Gasteiger charge is -2.10. The first-order valence-corrected chi connectivity index (χ1v) is 7.64. The Morgan fingerprint density at radius 1 is 1.00 bits per heavy atom. The van der Waals surface area contributed by atoms with Crippen molar-refractivity contribution in [2.24, 2.45) is 0 Å². The van der Waals surface area contributed by atoms with Gasteiger partial charge in [-0.2, -0.15) is 0 Å². The Balaban J connectivity index is 2.22. The molecule has 3 rings (SSSR count). The van der Waals surface area contributed by atoms with Crippen molar-refractivity contribution >= 4 is 0 Å². The molecule has 3 heteroatoms. The highest BCUT2D eigenvalue weighted by molar-refractivity contribution is 5.68. The molecule has 1 N–H and O–H groups in total. The Labute approximate surface area is 130 Å². The lowest BCUT2D eigenvalue weighted by Crippen LogP contribution is -2.00. The molecule has 0 spiro atoms. The molecule has 0 aliphatic rings. The van der Waals surface area contributed by atoms with E-state index in [9.17, 15) is 5.11 Å². The van der Waals surface area contributed by atoms with Crippen molar-refractivity contribution in [1.29, 1.82) is 0 Å². The van der Waals surface area contributed by atoms with Crippen molar-refractivity contribution in [2.75, 3.05) is 0 Å². The fraction of sp³-hybridized carbons (Fsp3) is 0.211. The quantitative estimate of drug-likeness (QED) is 0.768. The summed E-state index contributed by atoms with van der Waals surface area (Å²) in [6.45, 7) is 4.18. The molecule has 0 fully saturated rings. The van der Waals surface area contributed by atoms with Gasteiger partial charge in [0.1, 0.15) is 0 Å². The Morgan fingerprint density at radius 3 is 2.32 bits per heavy atom. The molecule has 1 heterocycles. The van der Waals surface area contributed by atoms with Gasteiger partial charge in [-0.15, -0.1) is 5.10 Å². The molecule has 0 aliphatic carbocycles. The number of aromatic nitrogens is 2. The number of rotatable bonds is 4.